The zero-order valence-electron chi connectivity index (χ0n) is 9.69. The Morgan fingerprint density at radius 1 is 1.41 bits per heavy atom. The van der Waals surface area contributed by atoms with Crippen molar-refractivity contribution in [2.45, 2.75) is 13.5 Å². The van der Waals surface area contributed by atoms with Crippen LogP contribution in [0.4, 0.5) is 0 Å². The van der Waals surface area contributed by atoms with Gasteiger partial charge in [-0.05, 0) is 24.6 Å². The normalized spacial score (nSPS) is 12.5. The van der Waals surface area contributed by atoms with E-state index < -0.39 is 0 Å². The molecule has 1 aromatic rings. The van der Waals surface area contributed by atoms with Gasteiger partial charge in [-0.2, -0.15) is 0 Å². The average molecular weight is 237 g/mol. The first-order valence-electron chi connectivity index (χ1n) is 5.54. The molecule has 0 fully saturated rings. The molecule has 0 saturated heterocycles. The zero-order valence-corrected chi connectivity index (χ0v) is 9.69. The summed E-state index contributed by atoms with van der Waals surface area (Å²) in [4.78, 5) is 11.1. The third-order valence-electron chi connectivity index (χ3n) is 2.34. The molecule has 0 unspecified atom stereocenters. The average Bonchev–Trinajstić information content (AvgIpc) is 2.76. The largest absolute Gasteiger partial charge is 0.465 e. The highest BCUT2D eigenvalue weighted by Crippen LogP contribution is 2.32. The Labute approximate surface area is 99.7 Å². The van der Waals surface area contributed by atoms with E-state index in [4.69, 9.17) is 14.2 Å². The van der Waals surface area contributed by atoms with Crippen molar-refractivity contribution < 1.29 is 19.0 Å². The van der Waals surface area contributed by atoms with E-state index in [1.165, 1.54) is 0 Å². The summed E-state index contributed by atoms with van der Waals surface area (Å²) < 4.78 is 15.3. The van der Waals surface area contributed by atoms with Crippen molar-refractivity contribution in [1.82, 2.24) is 5.32 Å². The van der Waals surface area contributed by atoms with E-state index in [-0.39, 0.29) is 19.3 Å². The maximum absolute atomic E-state index is 11.1. The molecule has 1 aliphatic heterocycles. The lowest BCUT2D eigenvalue weighted by Gasteiger charge is -2.05. The highest BCUT2D eigenvalue weighted by molar-refractivity contribution is 5.71. The molecule has 0 amide bonds. The molecule has 0 aliphatic carbocycles. The molecular formula is C12H15NO4. The van der Waals surface area contributed by atoms with Crippen LogP contribution in [-0.4, -0.2) is 25.9 Å². The number of hydrogen-bond donors (Lipinski definition) is 1. The highest BCUT2D eigenvalue weighted by atomic mass is 16.7. The van der Waals surface area contributed by atoms with E-state index in [9.17, 15) is 4.79 Å². The standard InChI is InChI=1S/C12H15NO4/c1-2-15-12(14)7-13-6-9-3-4-10-11(5-9)17-8-16-10/h3-5,13H,2,6-8H2,1H3. The second kappa shape index (κ2) is 5.54. The molecule has 0 radical (unpaired) electrons. The quantitative estimate of drug-likeness (QED) is 0.776. The third-order valence-corrected chi connectivity index (χ3v) is 2.34. The number of carbonyl (C=O) groups is 1. The minimum atomic E-state index is -0.242. The molecule has 1 aliphatic rings. The number of benzene rings is 1. The van der Waals surface area contributed by atoms with Crippen molar-refractivity contribution in [1.29, 1.82) is 0 Å². The molecule has 1 heterocycles. The molecule has 92 valence electrons. The Morgan fingerprint density at radius 3 is 3.06 bits per heavy atom. The van der Waals surface area contributed by atoms with Gasteiger partial charge >= 0.3 is 5.97 Å². The monoisotopic (exact) mass is 237 g/mol. The van der Waals surface area contributed by atoms with Crippen molar-refractivity contribution in [2.75, 3.05) is 19.9 Å². The first-order valence-corrected chi connectivity index (χ1v) is 5.54. The van der Waals surface area contributed by atoms with Crippen molar-refractivity contribution in [3.63, 3.8) is 0 Å². The molecule has 0 aromatic heterocycles. The fourth-order valence-electron chi connectivity index (χ4n) is 1.57. The predicted octanol–water partition coefficient (Wildman–Crippen LogP) is 1.07. The lowest BCUT2D eigenvalue weighted by atomic mass is 10.2. The van der Waals surface area contributed by atoms with Crippen LogP contribution in [0.15, 0.2) is 18.2 Å². The molecule has 5 heteroatoms. The number of carbonyl (C=O) groups excluding carboxylic acids is 1. The van der Waals surface area contributed by atoms with E-state index in [2.05, 4.69) is 5.32 Å². The number of hydrogen-bond acceptors (Lipinski definition) is 5. The summed E-state index contributed by atoms with van der Waals surface area (Å²) in [7, 11) is 0. The Kier molecular flexibility index (Phi) is 3.82. The van der Waals surface area contributed by atoms with Gasteiger partial charge in [0.1, 0.15) is 0 Å². The van der Waals surface area contributed by atoms with Crippen molar-refractivity contribution in [3.8, 4) is 11.5 Å². The van der Waals surface area contributed by atoms with Gasteiger partial charge in [-0.15, -0.1) is 0 Å². The molecule has 2 rings (SSSR count). The molecule has 5 nitrogen and oxygen atoms in total. The summed E-state index contributed by atoms with van der Waals surface area (Å²) >= 11 is 0. The molecule has 0 spiro atoms. The van der Waals surface area contributed by atoms with Crippen molar-refractivity contribution >= 4 is 5.97 Å². The van der Waals surface area contributed by atoms with Gasteiger partial charge in [0.15, 0.2) is 11.5 Å². The highest BCUT2D eigenvalue weighted by Gasteiger charge is 2.12. The molecule has 0 atom stereocenters. The summed E-state index contributed by atoms with van der Waals surface area (Å²) in [5.41, 5.74) is 1.04. The maximum atomic E-state index is 11.1. The van der Waals surface area contributed by atoms with Crippen LogP contribution in [0.25, 0.3) is 0 Å². The maximum Gasteiger partial charge on any atom is 0.319 e. The fraction of sp³-hybridized carbons (Fsp3) is 0.417. The van der Waals surface area contributed by atoms with Crippen molar-refractivity contribution in [2.24, 2.45) is 0 Å². The van der Waals surface area contributed by atoms with Crippen LogP contribution in [-0.2, 0) is 16.1 Å². The van der Waals surface area contributed by atoms with E-state index in [1.54, 1.807) is 6.92 Å². The van der Waals surface area contributed by atoms with Crippen LogP contribution in [0.3, 0.4) is 0 Å². The SMILES string of the molecule is CCOC(=O)CNCc1ccc2c(c1)OCO2. The number of rotatable bonds is 5. The first-order chi connectivity index (χ1) is 8.29. The van der Waals surface area contributed by atoms with E-state index in [0.29, 0.717) is 13.2 Å². The smallest absolute Gasteiger partial charge is 0.319 e. The van der Waals surface area contributed by atoms with Crippen LogP contribution in [0, 0.1) is 0 Å². The lowest BCUT2D eigenvalue weighted by Crippen LogP contribution is -2.24. The number of nitrogens with one attached hydrogen (secondary N) is 1. The fourth-order valence-corrected chi connectivity index (χ4v) is 1.57. The molecular weight excluding hydrogens is 222 g/mol. The third kappa shape index (κ3) is 3.10. The number of fused-ring (bicyclic) bond motifs is 1. The topological polar surface area (TPSA) is 56.8 Å². The summed E-state index contributed by atoms with van der Waals surface area (Å²) in [6, 6.07) is 5.70. The molecule has 0 bridgehead atoms. The molecule has 0 saturated carbocycles. The molecule has 17 heavy (non-hydrogen) atoms. The molecule has 1 aromatic carbocycles. The van der Waals surface area contributed by atoms with Gasteiger partial charge in [-0.1, -0.05) is 6.07 Å². The second-order valence-corrected chi connectivity index (χ2v) is 3.60. The van der Waals surface area contributed by atoms with Gasteiger partial charge in [0.25, 0.3) is 0 Å². The van der Waals surface area contributed by atoms with Crippen LogP contribution >= 0.6 is 0 Å². The van der Waals surface area contributed by atoms with Gasteiger partial charge in [-0.3, -0.25) is 4.79 Å². The van der Waals surface area contributed by atoms with Gasteiger partial charge in [-0.25, -0.2) is 0 Å². The Bertz CT molecular complexity index is 405. The zero-order chi connectivity index (χ0) is 12.1. The predicted molar refractivity (Wildman–Crippen MR) is 60.9 cm³/mol. The summed E-state index contributed by atoms with van der Waals surface area (Å²) in [5, 5.41) is 3.01. The van der Waals surface area contributed by atoms with E-state index in [1.807, 2.05) is 18.2 Å². The summed E-state index contributed by atoms with van der Waals surface area (Å²) in [5.74, 6) is 1.27. The van der Waals surface area contributed by atoms with Gasteiger partial charge in [0.2, 0.25) is 6.79 Å². The van der Waals surface area contributed by atoms with E-state index >= 15 is 0 Å². The van der Waals surface area contributed by atoms with Gasteiger partial charge in [0.05, 0.1) is 13.2 Å². The Balaban J connectivity index is 1.81. The lowest BCUT2D eigenvalue weighted by molar-refractivity contribution is -0.142. The summed E-state index contributed by atoms with van der Waals surface area (Å²) in [6.07, 6.45) is 0. The van der Waals surface area contributed by atoms with Gasteiger partial charge < -0.3 is 19.5 Å². The number of esters is 1. The minimum Gasteiger partial charge on any atom is -0.465 e. The van der Waals surface area contributed by atoms with Crippen LogP contribution in [0.5, 0.6) is 11.5 Å². The Hall–Kier alpha value is -1.75. The second-order valence-electron chi connectivity index (χ2n) is 3.60. The van der Waals surface area contributed by atoms with E-state index in [0.717, 1.165) is 17.1 Å². The molecule has 1 N–H and O–H groups in total. The van der Waals surface area contributed by atoms with Crippen LogP contribution in [0.1, 0.15) is 12.5 Å². The minimum absolute atomic E-state index is 0.211. The van der Waals surface area contributed by atoms with Crippen LogP contribution < -0.4 is 14.8 Å². The first kappa shape index (κ1) is 11.7. The number of ether oxygens (including phenoxy) is 3. The summed E-state index contributed by atoms with van der Waals surface area (Å²) in [6.45, 7) is 3.27. The van der Waals surface area contributed by atoms with Gasteiger partial charge in [0, 0.05) is 6.54 Å². The van der Waals surface area contributed by atoms with Crippen LogP contribution in [0.2, 0.25) is 0 Å². The Morgan fingerprint density at radius 2 is 2.24 bits per heavy atom. The van der Waals surface area contributed by atoms with Crippen molar-refractivity contribution in [3.05, 3.63) is 23.8 Å².